The molecule has 0 radical (unpaired) electrons. The predicted octanol–water partition coefficient (Wildman–Crippen LogP) is 2.40. The van der Waals surface area contributed by atoms with Crippen molar-refractivity contribution in [3.8, 4) is 0 Å². The second-order valence-corrected chi connectivity index (χ2v) is 8.59. The Morgan fingerprint density at radius 3 is 2.29 bits per heavy atom. The van der Waals surface area contributed by atoms with Crippen molar-refractivity contribution >= 4 is 0 Å². The minimum absolute atomic E-state index is 0.332. The molecular formula is C18H24O3. The van der Waals surface area contributed by atoms with E-state index in [1.807, 2.05) is 0 Å². The molecule has 114 valence electrons. The summed E-state index contributed by atoms with van der Waals surface area (Å²) in [6.45, 7) is 4.68. The van der Waals surface area contributed by atoms with Gasteiger partial charge < -0.3 is 14.2 Å². The maximum atomic E-state index is 6.52. The van der Waals surface area contributed by atoms with E-state index >= 15 is 0 Å². The maximum Gasteiger partial charge on any atom is 0.0822 e. The lowest BCUT2D eigenvalue weighted by atomic mass is 9.59. The number of hydrogen-bond acceptors (Lipinski definition) is 3. The van der Waals surface area contributed by atoms with Gasteiger partial charge in [0.05, 0.1) is 36.6 Å². The third-order valence-corrected chi connectivity index (χ3v) is 7.20. The van der Waals surface area contributed by atoms with Crippen molar-refractivity contribution in [2.24, 2.45) is 35.5 Å². The van der Waals surface area contributed by atoms with E-state index in [9.17, 15) is 0 Å². The summed E-state index contributed by atoms with van der Waals surface area (Å²) in [5.74, 6) is 4.12. The summed E-state index contributed by atoms with van der Waals surface area (Å²) in [5, 5.41) is 0. The van der Waals surface area contributed by atoms with Gasteiger partial charge in [-0.3, -0.25) is 0 Å². The fourth-order valence-corrected chi connectivity index (χ4v) is 6.83. The first-order valence-electron chi connectivity index (χ1n) is 8.87. The zero-order chi connectivity index (χ0) is 13.9. The van der Waals surface area contributed by atoms with Crippen LogP contribution in [0.15, 0.2) is 12.2 Å². The molecule has 0 spiro atoms. The minimum atomic E-state index is 0.332. The van der Waals surface area contributed by atoms with Crippen molar-refractivity contribution in [3.05, 3.63) is 12.2 Å². The van der Waals surface area contributed by atoms with Gasteiger partial charge in [-0.25, -0.2) is 0 Å². The molecule has 0 saturated carbocycles. The van der Waals surface area contributed by atoms with Crippen LogP contribution in [0.25, 0.3) is 0 Å². The van der Waals surface area contributed by atoms with E-state index in [-0.39, 0.29) is 0 Å². The number of fused-ring (bicyclic) bond motifs is 16. The molecule has 0 aromatic heterocycles. The lowest BCUT2D eigenvalue weighted by Gasteiger charge is -2.39. The van der Waals surface area contributed by atoms with E-state index < -0.39 is 0 Å². The van der Waals surface area contributed by atoms with Gasteiger partial charge in [-0.2, -0.15) is 0 Å². The molecule has 0 aliphatic carbocycles. The fourth-order valence-electron chi connectivity index (χ4n) is 6.83. The summed E-state index contributed by atoms with van der Waals surface area (Å²) in [7, 11) is 0. The van der Waals surface area contributed by atoms with Crippen LogP contribution < -0.4 is 0 Å². The van der Waals surface area contributed by atoms with E-state index in [4.69, 9.17) is 14.2 Å². The summed E-state index contributed by atoms with van der Waals surface area (Å²) in [5.41, 5.74) is 0. The molecule has 5 saturated heterocycles. The Balaban J connectivity index is 1.34. The predicted molar refractivity (Wildman–Crippen MR) is 76.6 cm³/mol. The van der Waals surface area contributed by atoms with Gasteiger partial charge in [0.15, 0.2) is 0 Å². The normalized spacial score (nSPS) is 64.8. The van der Waals surface area contributed by atoms with Crippen LogP contribution in [0.1, 0.15) is 26.7 Å². The van der Waals surface area contributed by atoms with Gasteiger partial charge in [0.1, 0.15) is 0 Å². The van der Waals surface area contributed by atoms with E-state index in [1.165, 1.54) is 12.8 Å². The SMILES string of the molecule is CC(C)CC1CC2OC1C1C3OC(C4C5C=CC(O5)C34)C21. The van der Waals surface area contributed by atoms with Gasteiger partial charge in [-0.05, 0) is 24.7 Å². The third-order valence-electron chi connectivity index (χ3n) is 7.20. The molecule has 3 heteroatoms. The molecule has 0 aromatic rings. The molecule has 6 rings (SSSR count). The number of rotatable bonds is 2. The van der Waals surface area contributed by atoms with Gasteiger partial charge in [0.2, 0.25) is 0 Å². The highest BCUT2D eigenvalue weighted by molar-refractivity contribution is 5.26. The Morgan fingerprint density at radius 2 is 1.57 bits per heavy atom. The van der Waals surface area contributed by atoms with Crippen LogP contribution in [0.4, 0.5) is 0 Å². The quantitative estimate of drug-likeness (QED) is 0.730. The molecule has 0 aromatic carbocycles. The Kier molecular flexibility index (Phi) is 2.16. The van der Waals surface area contributed by atoms with Gasteiger partial charge in [-0.15, -0.1) is 0 Å². The lowest BCUT2D eigenvalue weighted by Crippen LogP contribution is -2.49. The first kappa shape index (κ1) is 12.1. The van der Waals surface area contributed by atoms with E-state index in [1.54, 1.807) is 0 Å². The molecule has 21 heavy (non-hydrogen) atoms. The lowest BCUT2D eigenvalue weighted by molar-refractivity contribution is -0.0342. The van der Waals surface area contributed by atoms with Crippen LogP contribution in [-0.2, 0) is 14.2 Å². The Hall–Kier alpha value is -0.380. The zero-order valence-electron chi connectivity index (χ0n) is 12.7. The van der Waals surface area contributed by atoms with Gasteiger partial charge >= 0.3 is 0 Å². The minimum Gasteiger partial charge on any atom is -0.374 e. The monoisotopic (exact) mass is 288 g/mol. The first-order valence-corrected chi connectivity index (χ1v) is 8.87. The Morgan fingerprint density at radius 1 is 0.857 bits per heavy atom. The molecule has 0 N–H and O–H groups in total. The molecule has 0 amide bonds. The van der Waals surface area contributed by atoms with Crippen LogP contribution in [0.2, 0.25) is 0 Å². The first-order chi connectivity index (χ1) is 10.2. The standard InChI is InChI=1S/C18H24O3/c1-7(2)5-8-6-11-14-15(16(8)20-11)18-13-10-4-3-9(19-10)12(13)17(14)21-18/h3-4,7-18H,5-6H2,1-2H3. The van der Waals surface area contributed by atoms with Crippen LogP contribution in [0.5, 0.6) is 0 Å². The van der Waals surface area contributed by atoms with Crippen molar-refractivity contribution in [1.29, 1.82) is 0 Å². The van der Waals surface area contributed by atoms with Crippen LogP contribution in [-0.4, -0.2) is 36.6 Å². The van der Waals surface area contributed by atoms with Gasteiger partial charge in [-0.1, -0.05) is 26.0 Å². The summed E-state index contributed by atoms with van der Waals surface area (Å²) in [4.78, 5) is 0. The highest BCUT2D eigenvalue weighted by atomic mass is 16.6. The molecule has 6 aliphatic heterocycles. The molecule has 6 aliphatic rings. The largest absolute Gasteiger partial charge is 0.374 e. The van der Waals surface area contributed by atoms with Gasteiger partial charge in [0.25, 0.3) is 0 Å². The summed E-state index contributed by atoms with van der Waals surface area (Å²) >= 11 is 0. The third kappa shape index (κ3) is 1.29. The fraction of sp³-hybridized carbons (Fsp3) is 0.889. The Bertz CT molecular complexity index is 515. The molecule has 6 heterocycles. The number of ether oxygens (including phenoxy) is 3. The van der Waals surface area contributed by atoms with Crippen LogP contribution >= 0.6 is 0 Å². The Labute approximate surface area is 126 Å². The molecule has 11 unspecified atom stereocenters. The second kappa shape index (κ2) is 3.74. The van der Waals surface area contributed by atoms with Crippen LogP contribution in [0.3, 0.4) is 0 Å². The maximum absolute atomic E-state index is 6.52. The topological polar surface area (TPSA) is 27.7 Å². The molecular weight excluding hydrogens is 264 g/mol. The van der Waals surface area contributed by atoms with Crippen LogP contribution in [0, 0.1) is 35.5 Å². The smallest absolute Gasteiger partial charge is 0.0822 e. The summed E-state index contributed by atoms with van der Waals surface area (Å²) < 4.78 is 19.1. The average Bonchev–Trinajstić information content (AvgIpc) is 3.22. The summed E-state index contributed by atoms with van der Waals surface area (Å²) in [6.07, 6.45) is 9.60. The van der Waals surface area contributed by atoms with E-state index in [2.05, 4.69) is 26.0 Å². The highest BCUT2D eigenvalue weighted by Gasteiger charge is 2.73. The second-order valence-electron chi connectivity index (χ2n) is 8.59. The van der Waals surface area contributed by atoms with Crippen molar-refractivity contribution in [2.45, 2.75) is 63.3 Å². The summed E-state index contributed by atoms with van der Waals surface area (Å²) in [6, 6.07) is 0. The van der Waals surface area contributed by atoms with Crippen molar-refractivity contribution in [2.75, 3.05) is 0 Å². The highest BCUT2D eigenvalue weighted by Crippen LogP contribution is 2.66. The molecule has 5 fully saturated rings. The molecule has 11 atom stereocenters. The molecule has 3 nitrogen and oxygen atoms in total. The van der Waals surface area contributed by atoms with E-state index in [0.29, 0.717) is 60.3 Å². The van der Waals surface area contributed by atoms with Crippen molar-refractivity contribution in [3.63, 3.8) is 0 Å². The van der Waals surface area contributed by atoms with Gasteiger partial charge in [0, 0.05) is 23.7 Å². The molecule has 6 bridgehead atoms. The van der Waals surface area contributed by atoms with Crippen molar-refractivity contribution in [1.82, 2.24) is 0 Å². The average molecular weight is 288 g/mol. The number of hydrogen-bond donors (Lipinski definition) is 0. The zero-order valence-corrected chi connectivity index (χ0v) is 12.7. The van der Waals surface area contributed by atoms with E-state index in [0.717, 1.165) is 11.8 Å². The van der Waals surface area contributed by atoms with Crippen molar-refractivity contribution < 1.29 is 14.2 Å².